The topological polar surface area (TPSA) is 281 Å². The highest BCUT2D eigenvalue weighted by Gasteiger charge is 2.54. The summed E-state index contributed by atoms with van der Waals surface area (Å²) in [4.78, 5) is 42.9. The molecule has 3 aliphatic rings. The third-order valence-electron chi connectivity index (χ3n) is 16.7. The molecular weight excluding hydrogens is 1060 g/mol. The molecule has 458 valence electrons. The predicted molar refractivity (Wildman–Crippen MR) is 298 cm³/mol. The van der Waals surface area contributed by atoms with Gasteiger partial charge in [-0.05, 0) is 132 Å². The van der Waals surface area contributed by atoms with Gasteiger partial charge in [0.15, 0.2) is 12.6 Å². The number of aromatic carboxylic acids is 1. The number of carboxylic acids is 1. The quantitative estimate of drug-likeness (QED) is 0.0672. The lowest BCUT2D eigenvalue weighted by atomic mass is 9.77. The number of rotatable bonds is 21. The number of aromatic nitrogens is 1. The SMILES string of the molecule is CC[C@H]1OC(=O)[C@H](C)[C@@H](O[C@H]2C[C@@](C)(OC)[C@@H](OS(=O)(=O)CCOCCOCCCc3ccc4c(c3)c(=O)c(C(=O)O)cn4CC)[C@H](C)O2)[C@H](C)[C@@H](O[C@@H]2O[C@H](C)C[C@H](N(C)C)[C@H]2O)[C@](C)(O)C[C@@H](C)CN(C)[C@H](C)[C@@H](O)[C@]1(C)O. The van der Waals surface area contributed by atoms with Gasteiger partial charge in [-0.3, -0.25) is 13.8 Å². The molecule has 3 fully saturated rings. The number of fused-ring (bicyclic) bond motifs is 1. The highest BCUT2D eigenvalue weighted by atomic mass is 32.2. The largest absolute Gasteiger partial charge is 0.477 e. The number of aryl methyl sites for hydroxylation is 2. The summed E-state index contributed by atoms with van der Waals surface area (Å²) in [5.41, 5.74) is -4.21. The molecule has 0 amide bonds. The van der Waals surface area contributed by atoms with E-state index in [2.05, 4.69) is 0 Å². The van der Waals surface area contributed by atoms with Crippen molar-refractivity contribution in [2.24, 2.45) is 17.8 Å². The van der Waals surface area contributed by atoms with Crippen LogP contribution in [-0.2, 0) is 70.0 Å². The number of ether oxygens (including phenoxy) is 8. The van der Waals surface area contributed by atoms with Gasteiger partial charge in [0, 0.05) is 62.8 Å². The normalized spacial score (nSPS) is 36.6. The zero-order valence-electron chi connectivity index (χ0n) is 49.9. The smallest absolute Gasteiger partial charge is 0.341 e. The van der Waals surface area contributed by atoms with Crippen molar-refractivity contribution in [3.63, 3.8) is 0 Å². The average molecular weight is 1160 g/mol. The first-order valence-electron chi connectivity index (χ1n) is 28.3. The average Bonchev–Trinajstić information content (AvgIpc) is 3.38. The van der Waals surface area contributed by atoms with Gasteiger partial charge < -0.3 is 77.8 Å². The Morgan fingerprint density at radius 2 is 1.57 bits per heavy atom. The maximum absolute atomic E-state index is 14.6. The highest BCUT2D eigenvalue weighted by molar-refractivity contribution is 7.86. The molecule has 0 unspecified atom stereocenters. The first kappa shape index (κ1) is 67.5. The van der Waals surface area contributed by atoms with Gasteiger partial charge in [0.05, 0.1) is 72.6 Å². The summed E-state index contributed by atoms with van der Waals surface area (Å²) in [5.74, 6) is -4.81. The van der Waals surface area contributed by atoms with Crippen molar-refractivity contribution in [3.8, 4) is 0 Å². The summed E-state index contributed by atoms with van der Waals surface area (Å²) >= 11 is 0. The minimum absolute atomic E-state index is 0.0912. The van der Waals surface area contributed by atoms with Crippen LogP contribution in [0.2, 0.25) is 0 Å². The number of likely N-dealkylation sites (N-methyl/N-ethyl adjacent to an activating group) is 2. The number of hydrogen-bond donors (Lipinski definition) is 5. The van der Waals surface area contributed by atoms with Gasteiger partial charge in [0.1, 0.15) is 35.6 Å². The lowest BCUT2D eigenvalue weighted by molar-refractivity contribution is -0.316. The fraction of sp³-hybridized carbons (Fsp3) is 0.807. The Hall–Kier alpha value is -3.24. The van der Waals surface area contributed by atoms with Crippen LogP contribution in [-0.4, -0.2) is 218 Å². The summed E-state index contributed by atoms with van der Waals surface area (Å²) < 4.78 is 84.5. The first-order valence-corrected chi connectivity index (χ1v) is 29.9. The Labute approximate surface area is 473 Å². The van der Waals surface area contributed by atoms with E-state index in [1.165, 1.54) is 20.2 Å². The molecule has 4 heterocycles. The van der Waals surface area contributed by atoms with Gasteiger partial charge >= 0.3 is 11.9 Å². The number of nitrogens with zero attached hydrogens (tertiary/aromatic N) is 3. The van der Waals surface area contributed by atoms with E-state index in [1.807, 2.05) is 63.8 Å². The van der Waals surface area contributed by atoms with Crippen LogP contribution in [0.15, 0.2) is 29.2 Å². The number of benzene rings is 1. The van der Waals surface area contributed by atoms with Crippen molar-refractivity contribution in [2.45, 2.75) is 212 Å². The summed E-state index contributed by atoms with van der Waals surface area (Å²) in [5, 5.41) is 58.0. The number of methoxy groups -OCH3 is 1. The molecule has 18 atom stereocenters. The van der Waals surface area contributed by atoms with E-state index in [0.29, 0.717) is 49.9 Å². The van der Waals surface area contributed by atoms with Gasteiger partial charge in [0.25, 0.3) is 10.1 Å². The molecule has 3 aliphatic heterocycles. The fourth-order valence-corrected chi connectivity index (χ4v) is 13.1. The second-order valence-corrected chi connectivity index (χ2v) is 25.4. The summed E-state index contributed by atoms with van der Waals surface area (Å²) in [6, 6.07) is 4.48. The molecule has 0 saturated carbocycles. The van der Waals surface area contributed by atoms with Gasteiger partial charge in [-0.1, -0.05) is 26.8 Å². The van der Waals surface area contributed by atoms with Crippen molar-refractivity contribution in [2.75, 3.05) is 67.0 Å². The maximum atomic E-state index is 14.6. The number of carbonyl (C=O) groups excluding carboxylic acids is 1. The van der Waals surface area contributed by atoms with Gasteiger partial charge in [0.2, 0.25) is 5.43 Å². The molecule has 0 aliphatic carbocycles. The number of carbonyl (C=O) groups is 2. The second kappa shape index (κ2) is 28.6. The van der Waals surface area contributed by atoms with E-state index in [-0.39, 0.29) is 62.7 Å². The van der Waals surface area contributed by atoms with Crippen molar-refractivity contribution in [1.29, 1.82) is 0 Å². The minimum Gasteiger partial charge on any atom is -0.477 e. The molecule has 5 N–H and O–H groups in total. The monoisotopic (exact) mass is 1160 g/mol. The van der Waals surface area contributed by atoms with Crippen LogP contribution in [0.25, 0.3) is 10.9 Å². The number of hydrogen-bond acceptors (Lipinski definition) is 20. The van der Waals surface area contributed by atoms with Gasteiger partial charge in [-0.15, -0.1) is 0 Å². The molecule has 23 heteroatoms. The Morgan fingerprint density at radius 1 is 0.912 bits per heavy atom. The van der Waals surface area contributed by atoms with Crippen molar-refractivity contribution >= 4 is 33.0 Å². The molecule has 1 aromatic carbocycles. The van der Waals surface area contributed by atoms with Crippen LogP contribution in [0.3, 0.4) is 0 Å². The van der Waals surface area contributed by atoms with Crippen molar-refractivity contribution in [3.05, 3.63) is 45.7 Å². The minimum atomic E-state index is -4.25. The number of esters is 1. The van der Waals surface area contributed by atoms with E-state index in [1.54, 1.807) is 59.1 Å². The third-order valence-corrected chi connectivity index (χ3v) is 17.9. The predicted octanol–water partition coefficient (Wildman–Crippen LogP) is 3.95. The van der Waals surface area contributed by atoms with E-state index >= 15 is 0 Å². The number of pyridine rings is 1. The standard InChI is InChI=1S/C57H95N3O19S/c1-16-44-57(11,68)49(63)37(7)59(14)31-33(3)29-55(9,67)50(78-54-47(62)43(58(12)13)27-34(4)74-54)35(5)48(36(6)53(66)76-44)77-45-30-56(10,71-15)51(38(8)75-45)79-80(69,70)26-25-73-24-23-72-22-18-19-39-20-21-42-40(28-39)46(61)41(52(64)65)32-60(42)17-2/h20-21,28,32-38,43-45,47-51,54,62-63,67-68H,16-19,22-27,29-31H2,1-15H3,(H,64,65)/t33-,34-,35+,36-,37-,38+,43+,44-,45+,47-,48+,49-,50-,51+,54+,55-,56-,57-/m1/s1. The van der Waals surface area contributed by atoms with E-state index < -0.39 is 123 Å². The van der Waals surface area contributed by atoms with Gasteiger partial charge in [-0.25, -0.2) is 4.79 Å². The molecule has 3 saturated heterocycles. The van der Waals surface area contributed by atoms with Crippen LogP contribution < -0.4 is 5.43 Å². The molecule has 22 nitrogen and oxygen atoms in total. The van der Waals surface area contributed by atoms with Gasteiger partial charge in [-0.2, -0.15) is 8.42 Å². The molecule has 80 heavy (non-hydrogen) atoms. The van der Waals surface area contributed by atoms with E-state index in [4.69, 9.17) is 42.1 Å². The molecule has 0 spiro atoms. The number of cyclic esters (lactones) is 1. The molecule has 5 rings (SSSR count). The molecular formula is C57H95N3O19S. The van der Waals surface area contributed by atoms with Crippen molar-refractivity contribution in [1.82, 2.24) is 14.4 Å². The molecule has 1 aromatic heterocycles. The number of aliphatic hydroxyl groups is 4. The fourth-order valence-electron chi connectivity index (χ4n) is 12.0. The summed E-state index contributed by atoms with van der Waals surface area (Å²) in [6.45, 7) is 20.3. The van der Waals surface area contributed by atoms with Crippen LogP contribution in [0, 0.1) is 17.8 Å². The first-order chi connectivity index (χ1) is 37.3. The summed E-state index contributed by atoms with van der Waals surface area (Å²) in [7, 11) is 2.69. The molecule has 0 bridgehead atoms. The van der Waals surface area contributed by atoms with Crippen LogP contribution in [0.1, 0.15) is 124 Å². The lowest BCUT2D eigenvalue weighted by Gasteiger charge is -2.49. The Balaban J connectivity index is 1.28. The highest BCUT2D eigenvalue weighted by Crippen LogP contribution is 2.41. The van der Waals surface area contributed by atoms with Crippen LogP contribution in [0.4, 0.5) is 0 Å². The Kier molecular flexibility index (Phi) is 24.1. The third kappa shape index (κ3) is 16.6. The zero-order valence-corrected chi connectivity index (χ0v) is 50.7. The summed E-state index contributed by atoms with van der Waals surface area (Å²) in [6.07, 6.45) is -7.56. The van der Waals surface area contributed by atoms with Crippen LogP contribution >= 0.6 is 0 Å². The maximum Gasteiger partial charge on any atom is 0.341 e. The van der Waals surface area contributed by atoms with E-state index in [0.717, 1.165) is 5.56 Å². The second-order valence-electron chi connectivity index (χ2n) is 23.6. The number of aliphatic hydroxyl groups excluding tert-OH is 2. The lowest BCUT2D eigenvalue weighted by Crippen LogP contribution is -2.61. The number of carboxylic acid groups (broad SMARTS) is 1. The Bertz CT molecular complexity index is 2510. The molecule has 0 radical (unpaired) electrons. The zero-order chi connectivity index (χ0) is 59.8. The van der Waals surface area contributed by atoms with Crippen molar-refractivity contribution < 1.29 is 85.6 Å². The van der Waals surface area contributed by atoms with Crippen LogP contribution in [0.5, 0.6) is 0 Å². The van der Waals surface area contributed by atoms with E-state index in [9.17, 15) is 48.3 Å². The Morgan fingerprint density at radius 3 is 2.19 bits per heavy atom. The molecule has 2 aromatic rings.